The van der Waals surface area contributed by atoms with Crippen LogP contribution in [0.3, 0.4) is 0 Å². The molecule has 1 rings (SSSR count). The number of halogens is 2. The van der Waals surface area contributed by atoms with Crippen LogP contribution in [0.1, 0.15) is 32.1 Å². The quantitative estimate of drug-likeness (QED) is 0.751. The maximum atomic E-state index is 12.0. The molecule has 0 aromatic carbocycles. The summed E-state index contributed by atoms with van der Waals surface area (Å²) in [7, 11) is 0. The van der Waals surface area contributed by atoms with E-state index in [0.717, 1.165) is 6.42 Å². The second-order valence-electron chi connectivity index (χ2n) is 3.74. The molecule has 4 nitrogen and oxygen atoms in total. The highest BCUT2D eigenvalue weighted by Crippen LogP contribution is 2.28. The smallest absolute Gasteiger partial charge is 0.329 e. The standard InChI is InChI=1S/C9H13F2NO3/c10-6(11)7(13)12-9(8(14)15)4-2-1-3-5-9/h6H,1-5H2,(H,12,13)(H,14,15). The van der Waals surface area contributed by atoms with Crippen LogP contribution in [0.2, 0.25) is 0 Å². The van der Waals surface area contributed by atoms with Crippen LogP contribution in [0.15, 0.2) is 0 Å². The van der Waals surface area contributed by atoms with E-state index in [4.69, 9.17) is 5.11 Å². The van der Waals surface area contributed by atoms with Crippen molar-refractivity contribution in [2.45, 2.75) is 44.1 Å². The number of hydrogen-bond donors (Lipinski definition) is 2. The molecular formula is C9H13F2NO3. The van der Waals surface area contributed by atoms with Gasteiger partial charge >= 0.3 is 12.4 Å². The van der Waals surface area contributed by atoms with Crippen LogP contribution in [-0.4, -0.2) is 28.9 Å². The van der Waals surface area contributed by atoms with Crippen molar-refractivity contribution in [2.24, 2.45) is 0 Å². The topological polar surface area (TPSA) is 66.4 Å². The molecule has 1 saturated carbocycles. The first-order chi connectivity index (χ1) is 6.98. The Kier molecular flexibility index (Phi) is 3.60. The monoisotopic (exact) mass is 221 g/mol. The number of aliphatic carboxylic acids is 1. The molecule has 1 fully saturated rings. The summed E-state index contributed by atoms with van der Waals surface area (Å²) in [4.78, 5) is 21.8. The fourth-order valence-electron chi connectivity index (χ4n) is 1.84. The number of hydrogen-bond acceptors (Lipinski definition) is 2. The predicted molar refractivity (Wildman–Crippen MR) is 47.6 cm³/mol. The number of alkyl halides is 2. The van der Waals surface area contributed by atoms with Crippen molar-refractivity contribution in [3.63, 3.8) is 0 Å². The number of amides is 1. The van der Waals surface area contributed by atoms with Crippen molar-refractivity contribution >= 4 is 11.9 Å². The summed E-state index contributed by atoms with van der Waals surface area (Å²) in [5.41, 5.74) is -1.48. The van der Waals surface area contributed by atoms with Crippen molar-refractivity contribution in [1.82, 2.24) is 5.32 Å². The lowest BCUT2D eigenvalue weighted by Crippen LogP contribution is -2.56. The zero-order valence-electron chi connectivity index (χ0n) is 8.13. The number of carboxylic acid groups (broad SMARTS) is 1. The van der Waals surface area contributed by atoms with Crippen LogP contribution < -0.4 is 5.32 Å². The molecule has 1 aliphatic carbocycles. The summed E-state index contributed by atoms with van der Waals surface area (Å²) in [6.07, 6.45) is -0.574. The Morgan fingerprint density at radius 2 is 1.73 bits per heavy atom. The first kappa shape index (κ1) is 11.9. The molecule has 2 N–H and O–H groups in total. The number of carbonyl (C=O) groups is 2. The minimum atomic E-state index is -3.16. The van der Waals surface area contributed by atoms with Crippen LogP contribution in [0.25, 0.3) is 0 Å². The van der Waals surface area contributed by atoms with Gasteiger partial charge in [0.1, 0.15) is 5.54 Å². The van der Waals surface area contributed by atoms with Gasteiger partial charge in [0.25, 0.3) is 5.91 Å². The normalized spacial score (nSPS) is 19.9. The van der Waals surface area contributed by atoms with Gasteiger partial charge in [-0.15, -0.1) is 0 Å². The Morgan fingerprint density at radius 1 is 1.20 bits per heavy atom. The molecule has 0 aromatic heterocycles. The third-order valence-corrected chi connectivity index (χ3v) is 2.68. The molecule has 15 heavy (non-hydrogen) atoms. The number of carbonyl (C=O) groups excluding carboxylic acids is 1. The van der Waals surface area contributed by atoms with Gasteiger partial charge in [0.2, 0.25) is 0 Å². The van der Waals surface area contributed by atoms with E-state index in [9.17, 15) is 18.4 Å². The van der Waals surface area contributed by atoms with E-state index < -0.39 is 23.8 Å². The molecule has 0 aliphatic heterocycles. The SMILES string of the molecule is O=C(NC1(C(=O)O)CCCCC1)C(F)F. The minimum absolute atomic E-state index is 0.223. The van der Waals surface area contributed by atoms with Gasteiger partial charge in [0.05, 0.1) is 0 Å². The lowest BCUT2D eigenvalue weighted by Gasteiger charge is -2.33. The molecule has 1 aliphatic rings. The second-order valence-corrected chi connectivity index (χ2v) is 3.74. The Balaban J connectivity index is 2.73. The van der Waals surface area contributed by atoms with E-state index >= 15 is 0 Å². The summed E-state index contributed by atoms with van der Waals surface area (Å²) in [5.74, 6) is -2.73. The van der Waals surface area contributed by atoms with Crippen molar-refractivity contribution in [3.05, 3.63) is 0 Å². The minimum Gasteiger partial charge on any atom is -0.480 e. The third kappa shape index (κ3) is 2.64. The maximum absolute atomic E-state index is 12.0. The third-order valence-electron chi connectivity index (χ3n) is 2.68. The van der Waals surface area contributed by atoms with Gasteiger partial charge in [-0.1, -0.05) is 19.3 Å². The van der Waals surface area contributed by atoms with Gasteiger partial charge in [-0.2, -0.15) is 8.78 Å². The molecule has 0 radical (unpaired) electrons. The summed E-state index contributed by atoms with van der Waals surface area (Å²) in [5, 5.41) is 10.9. The Morgan fingerprint density at radius 3 is 2.13 bits per heavy atom. The highest BCUT2D eigenvalue weighted by molar-refractivity contribution is 5.88. The molecule has 0 heterocycles. The largest absolute Gasteiger partial charge is 0.480 e. The van der Waals surface area contributed by atoms with E-state index in [1.165, 1.54) is 0 Å². The summed E-state index contributed by atoms with van der Waals surface area (Å²) in [6, 6.07) is 0. The van der Waals surface area contributed by atoms with Crippen LogP contribution in [-0.2, 0) is 9.59 Å². The van der Waals surface area contributed by atoms with E-state index in [2.05, 4.69) is 0 Å². The molecule has 1 amide bonds. The van der Waals surface area contributed by atoms with Gasteiger partial charge < -0.3 is 10.4 Å². The summed E-state index contributed by atoms with van der Waals surface area (Å²) < 4.78 is 24.0. The van der Waals surface area contributed by atoms with E-state index in [0.29, 0.717) is 12.8 Å². The fourth-order valence-corrected chi connectivity index (χ4v) is 1.84. The first-order valence-corrected chi connectivity index (χ1v) is 4.81. The molecule has 0 atom stereocenters. The van der Waals surface area contributed by atoms with E-state index in [-0.39, 0.29) is 12.8 Å². The van der Waals surface area contributed by atoms with Crippen LogP contribution in [0.4, 0.5) is 8.78 Å². The zero-order chi connectivity index (χ0) is 11.5. The molecular weight excluding hydrogens is 208 g/mol. The number of nitrogens with one attached hydrogen (secondary N) is 1. The van der Waals surface area contributed by atoms with Crippen LogP contribution >= 0.6 is 0 Å². The van der Waals surface area contributed by atoms with E-state index in [1.807, 2.05) is 5.32 Å². The Labute approximate surface area is 85.7 Å². The number of rotatable bonds is 3. The second kappa shape index (κ2) is 4.55. The van der Waals surface area contributed by atoms with Gasteiger partial charge in [0, 0.05) is 0 Å². The fraction of sp³-hybridized carbons (Fsp3) is 0.778. The zero-order valence-corrected chi connectivity index (χ0v) is 8.13. The average molecular weight is 221 g/mol. The molecule has 86 valence electrons. The van der Waals surface area contributed by atoms with Crippen LogP contribution in [0.5, 0.6) is 0 Å². The van der Waals surface area contributed by atoms with Gasteiger partial charge in [-0.05, 0) is 12.8 Å². The summed E-state index contributed by atoms with van der Waals surface area (Å²) in [6.45, 7) is 0. The summed E-state index contributed by atoms with van der Waals surface area (Å²) >= 11 is 0. The lowest BCUT2D eigenvalue weighted by atomic mass is 9.81. The van der Waals surface area contributed by atoms with Crippen molar-refractivity contribution < 1.29 is 23.5 Å². The van der Waals surface area contributed by atoms with Gasteiger partial charge in [0.15, 0.2) is 0 Å². The lowest BCUT2D eigenvalue weighted by molar-refractivity contribution is -0.151. The molecule has 0 saturated heterocycles. The maximum Gasteiger partial charge on any atom is 0.329 e. The molecule has 0 bridgehead atoms. The number of carboxylic acids is 1. The first-order valence-electron chi connectivity index (χ1n) is 4.81. The van der Waals surface area contributed by atoms with E-state index in [1.54, 1.807) is 0 Å². The average Bonchev–Trinajstić information content (AvgIpc) is 2.18. The predicted octanol–water partition coefficient (Wildman–Crippen LogP) is 1.16. The highest BCUT2D eigenvalue weighted by Gasteiger charge is 2.42. The molecule has 6 heteroatoms. The van der Waals surface area contributed by atoms with Gasteiger partial charge in [-0.25, -0.2) is 4.79 Å². The molecule has 0 unspecified atom stereocenters. The van der Waals surface area contributed by atoms with Crippen molar-refractivity contribution in [2.75, 3.05) is 0 Å². The van der Waals surface area contributed by atoms with Gasteiger partial charge in [-0.3, -0.25) is 4.79 Å². The van der Waals surface area contributed by atoms with Crippen LogP contribution in [0, 0.1) is 0 Å². The molecule has 0 aromatic rings. The Bertz CT molecular complexity index is 262. The highest BCUT2D eigenvalue weighted by atomic mass is 19.3. The molecule has 0 spiro atoms. The van der Waals surface area contributed by atoms with Crippen molar-refractivity contribution in [1.29, 1.82) is 0 Å². The van der Waals surface area contributed by atoms with Crippen molar-refractivity contribution in [3.8, 4) is 0 Å². The Hall–Kier alpha value is -1.20.